The molecule has 1 atom stereocenters. The Kier molecular flexibility index (Phi) is 21.1. The summed E-state index contributed by atoms with van der Waals surface area (Å²) in [6.45, 7) is 18.9. The van der Waals surface area contributed by atoms with E-state index in [2.05, 4.69) is 36.9 Å². The molecule has 0 rings (SSSR count). The zero-order chi connectivity index (χ0) is 36.8. The molecule has 5 amide bonds. The number of ether oxygens (including phenoxy) is 3. The minimum absolute atomic E-state index is 0.0729. The van der Waals surface area contributed by atoms with E-state index in [1.165, 1.54) is 0 Å². The zero-order valence-corrected chi connectivity index (χ0v) is 30.6. The van der Waals surface area contributed by atoms with Gasteiger partial charge in [-0.2, -0.15) is 0 Å². The van der Waals surface area contributed by atoms with E-state index in [4.69, 9.17) is 19.9 Å². The molecule has 0 saturated carbocycles. The van der Waals surface area contributed by atoms with Crippen LogP contribution in [0.1, 0.15) is 107 Å². The van der Waals surface area contributed by atoms with Gasteiger partial charge in [0.05, 0.1) is 0 Å². The Labute approximate surface area is 286 Å². The first kappa shape index (κ1) is 44.3. The number of nitrogens with two attached hydrogens (primary N) is 1. The molecule has 0 aliphatic rings. The molecule has 0 aromatic rings. The van der Waals surface area contributed by atoms with Gasteiger partial charge in [-0.3, -0.25) is 25.2 Å². The number of nitrogens with zero attached hydrogens (tertiary/aromatic N) is 1. The number of carbonyl (C=O) groups excluding carboxylic acids is 5. The minimum Gasteiger partial charge on any atom is -0.444 e. The maximum absolute atomic E-state index is 12.3. The summed E-state index contributed by atoms with van der Waals surface area (Å²) in [5.41, 5.74) is 3.83. The molecule has 1 unspecified atom stereocenters. The average molecular weight is 687 g/mol. The second-order valence-electron chi connectivity index (χ2n) is 14.2. The van der Waals surface area contributed by atoms with Gasteiger partial charge in [0, 0.05) is 26.2 Å². The Morgan fingerprint density at radius 2 is 0.938 bits per heavy atom. The van der Waals surface area contributed by atoms with Crippen molar-refractivity contribution in [3.63, 3.8) is 0 Å². The fraction of sp³-hybridized carbons (Fsp3) is 0.812. The summed E-state index contributed by atoms with van der Waals surface area (Å²) in [6.07, 6.45) is 3.26. The smallest absolute Gasteiger partial charge is 0.414 e. The third-order valence-electron chi connectivity index (χ3n) is 5.74. The van der Waals surface area contributed by atoms with Crippen LogP contribution in [0, 0.1) is 0 Å². The van der Waals surface area contributed by atoms with Crippen molar-refractivity contribution in [1.29, 1.82) is 0 Å². The predicted molar refractivity (Wildman–Crippen MR) is 184 cm³/mol. The lowest BCUT2D eigenvalue weighted by molar-refractivity contribution is -0.131. The molecule has 16 heteroatoms. The molecule has 16 nitrogen and oxygen atoms in total. The van der Waals surface area contributed by atoms with E-state index in [0.29, 0.717) is 39.0 Å². The van der Waals surface area contributed by atoms with E-state index in [9.17, 15) is 24.0 Å². The van der Waals surface area contributed by atoms with Crippen molar-refractivity contribution >= 4 is 36.1 Å². The van der Waals surface area contributed by atoms with Gasteiger partial charge in [0.15, 0.2) is 6.04 Å². The molecule has 0 aromatic heterocycles. The molecule has 0 radical (unpaired) electrons. The highest BCUT2D eigenvalue weighted by Crippen LogP contribution is 2.08. The summed E-state index contributed by atoms with van der Waals surface area (Å²) in [5, 5.41) is 16.2. The number of nitrogens with one attached hydrogen (secondary N) is 6. The molecular weight excluding hydrogens is 624 g/mol. The third kappa shape index (κ3) is 27.5. The van der Waals surface area contributed by atoms with Gasteiger partial charge in [0.25, 0.3) is 0 Å². The molecule has 0 saturated heterocycles. The number of unbranched alkanes of at least 4 members (excludes halogenated alkanes) is 4. The van der Waals surface area contributed by atoms with Gasteiger partial charge in [-0.25, -0.2) is 14.4 Å². The summed E-state index contributed by atoms with van der Waals surface area (Å²) >= 11 is 0. The minimum atomic E-state index is -1.29. The van der Waals surface area contributed by atoms with Gasteiger partial charge in [-0.1, -0.05) is 12.8 Å². The van der Waals surface area contributed by atoms with E-state index < -0.39 is 52.9 Å². The van der Waals surface area contributed by atoms with Gasteiger partial charge in [0.1, 0.15) is 16.8 Å². The molecule has 0 heterocycles. The van der Waals surface area contributed by atoms with Crippen LogP contribution in [0.25, 0.3) is 0 Å². The lowest BCUT2D eigenvalue weighted by Crippen LogP contribution is -2.51. The van der Waals surface area contributed by atoms with E-state index in [1.807, 2.05) is 20.8 Å². The highest BCUT2D eigenvalue weighted by atomic mass is 16.6. The summed E-state index contributed by atoms with van der Waals surface area (Å²) < 4.78 is 15.6. The first-order valence-electron chi connectivity index (χ1n) is 16.7. The number of guanidine groups is 1. The maximum Gasteiger partial charge on any atom is 0.414 e. The van der Waals surface area contributed by atoms with Crippen molar-refractivity contribution < 1.29 is 38.2 Å². The summed E-state index contributed by atoms with van der Waals surface area (Å²) in [5.74, 6) is -1.14. The van der Waals surface area contributed by atoms with Gasteiger partial charge in [-0.05, 0) is 108 Å². The Balaban J connectivity index is 4.16. The van der Waals surface area contributed by atoms with Crippen molar-refractivity contribution in [1.82, 2.24) is 31.9 Å². The number of hydrogen-bond acceptors (Lipinski definition) is 11. The molecule has 278 valence electrons. The zero-order valence-electron chi connectivity index (χ0n) is 30.6. The first-order chi connectivity index (χ1) is 22.2. The van der Waals surface area contributed by atoms with Gasteiger partial charge in [0.2, 0.25) is 17.8 Å². The lowest BCUT2D eigenvalue weighted by atomic mass is 10.2. The highest BCUT2D eigenvalue weighted by Gasteiger charge is 2.22. The number of aliphatic imine (C=N–C) groups is 1. The summed E-state index contributed by atoms with van der Waals surface area (Å²) in [4.78, 5) is 64.7. The number of alkyl carbamates (subject to hydrolysis) is 3. The molecule has 8 N–H and O–H groups in total. The summed E-state index contributed by atoms with van der Waals surface area (Å²) in [6, 6.07) is -1.29. The van der Waals surface area contributed by atoms with Gasteiger partial charge in [-0.15, -0.1) is 0 Å². The van der Waals surface area contributed by atoms with Crippen LogP contribution in [-0.4, -0.2) is 98.2 Å². The van der Waals surface area contributed by atoms with Crippen molar-refractivity contribution in [3.8, 4) is 0 Å². The van der Waals surface area contributed by atoms with Crippen LogP contribution >= 0.6 is 0 Å². The second-order valence-corrected chi connectivity index (χ2v) is 14.2. The maximum atomic E-state index is 12.3. The van der Waals surface area contributed by atoms with E-state index >= 15 is 0 Å². The lowest BCUT2D eigenvalue weighted by Gasteiger charge is -2.22. The van der Waals surface area contributed by atoms with Crippen LogP contribution in [0.2, 0.25) is 0 Å². The fourth-order valence-electron chi connectivity index (χ4n) is 3.67. The number of amides is 5. The Morgan fingerprint density at radius 1 is 0.542 bits per heavy atom. The summed E-state index contributed by atoms with van der Waals surface area (Å²) in [7, 11) is 0. The van der Waals surface area contributed by atoms with Crippen molar-refractivity contribution in [2.24, 2.45) is 10.7 Å². The van der Waals surface area contributed by atoms with Gasteiger partial charge >= 0.3 is 18.3 Å². The molecule has 0 aliphatic carbocycles. The van der Waals surface area contributed by atoms with E-state index in [1.54, 1.807) is 41.5 Å². The monoisotopic (exact) mass is 686 g/mol. The SMILES string of the molecule is CC(C)(C)OC(=O)NCCCNCCCCNC(=O)C(N)C(=O)NCCCCCCN=C(NC(=O)OC(C)(C)C)NC(=O)OC(C)(C)C. The van der Waals surface area contributed by atoms with Crippen LogP contribution < -0.4 is 37.6 Å². The van der Waals surface area contributed by atoms with Crippen LogP contribution in [0.4, 0.5) is 14.4 Å². The third-order valence-corrected chi connectivity index (χ3v) is 5.74. The molecule has 0 aliphatic heterocycles. The normalized spacial score (nSPS) is 12.2. The van der Waals surface area contributed by atoms with Crippen LogP contribution in [0.5, 0.6) is 0 Å². The number of carbonyl (C=O) groups is 5. The van der Waals surface area contributed by atoms with Crippen LogP contribution in [0.15, 0.2) is 4.99 Å². The standard InChI is InChI=1S/C32H62N8O8/c1-30(2,3)46-27(43)38-22-16-18-34-17-14-15-20-36-25(42)23(33)24(41)35-19-12-10-11-13-21-37-26(39-28(44)47-31(4,5)6)40-29(45)48-32(7,8)9/h23,34H,10-22,33H2,1-9H3,(H,35,41)(H,36,42)(H,38,43)(H2,37,39,40,44,45). The van der Waals surface area contributed by atoms with Crippen molar-refractivity contribution in [2.45, 2.75) is 130 Å². The second kappa shape index (κ2) is 22.8. The van der Waals surface area contributed by atoms with E-state index in [0.717, 1.165) is 45.2 Å². The molecule has 0 fully saturated rings. The number of rotatable bonds is 18. The highest BCUT2D eigenvalue weighted by molar-refractivity contribution is 6.04. The molecule has 0 bridgehead atoms. The Hall–Kier alpha value is -3.66. The fourth-order valence-corrected chi connectivity index (χ4v) is 3.67. The largest absolute Gasteiger partial charge is 0.444 e. The quantitative estimate of drug-likeness (QED) is 0.0367. The topological polar surface area (TPSA) is 224 Å². The van der Waals surface area contributed by atoms with Crippen LogP contribution in [0.3, 0.4) is 0 Å². The average Bonchev–Trinajstić information content (AvgIpc) is 2.91. The first-order valence-corrected chi connectivity index (χ1v) is 16.7. The van der Waals surface area contributed by atoms with E-state index in [-0.39, 0.29) is 5.96 Å². The predicted octanol–water partition coefficient (Wildman–Crippen LogP) is 2.80. The molecule has 0 aromatic carbocycles. The Morgan fingerprint density at radius 3 is 1.44 bits per heavy atom. The molecule has 0 spiro atoms. The Bertz CT molecular complexity index is 1000. The van der Waals surface area contributed by atoms with Gasteiger partial charge < -0.3 is 41.2 Å². The molecule has 48 heavy (non-hydrogen) atoms. The van der Waals surface area contributed by atoms with Crippen molar-refractivity contribution in [2.75, 3.05) is 39.3 Å². The molecular formula is C32H62N8O8. The number of hydrogen-bond donors (Lipinski definition) is 7. The van der Waals surface area contributed by atoms with Crippen LogP contribution in [-0.2, 0) is 23.8 Å². The van der Waals surface area contributed by atoms with Crippen molar-refractivity contribution in [3.05, 3.63) is 0 Å².